The van der Waals surface area contributed by atoms with Gasteiger partial charge in [0.05, 0.1) is 5.92 Å². The molecule has 0 spiro atoms. The number of carbonyl (C=O) groups is 2. The Kier molecular flexibility index (Phi) is 5.17. The number of rotatable bonds is 5. The van der Waals surface area contributed by atoms with E-state index in [-0.39, 0.29) is 17.7 Å². The van der Waals surface area contributed by atoms with Gasteiger partial charge in [-0.25, -0.2) is 0 Å². The van der Waals surface area contributed by atoms with E-state index in [2.05, 4.69) is 5.32 Å². The lowest BCUT2D eigenvalue weighted by Crippen LogP contribution is -2.43. The monoisotopic (exact) mass is 336 g/mol. The molecule has 0 bridgehead atoms. The molecule has 0 radical (unpaired) electrons. The van der Waals surface area contributed by atoms with Gasteiger partial charge in [0.15, 0.2) is 0 Å². The molecule has 25 heavy (non-hydrogen) atoms. The molecule has 1 saturated heterocycles. The lowest BCUT2D eigenvalue weighted by molar-refractivity contribution is -0.127. The Morgan fingerprint density at radius 1 is 1.16 bits per heavy atom. The van der Waals surface area contributed by atoms with Crippen molar-refractivity contribution in [3.05, 3.63) is 65.7 Å². The third kappa shape index (κ3) is 3.73. The van der Waals surface area contributed by atoms with Gasteiger partial charge in [-0.05, 0) is 37.5 Å². The predicted octanol–water partition coefficient (Wildman–Crippen LogP) is 3.41. The van der Waals surface area contributed by atoms with Crippen molar-refractivity contribution in [2.75, 3.05) is 11.4 Å². The van der Waals surface area contributed by atoms with Crippen LogP contribution in [0.3, 0.4) is 0 Å². The first-order valence-electron chi connectivity index (χ1n) is 8.83. The molecule has 1 N–H and O–H groups in total. The second kappa shape index (κ2) is 7.51. The summed E-state index contributed by atoms with van der Waals surface area (Å²) >= 11 is 0. The molecule has 4 heteroatoms. The minimum absolute atomic E-state index is 0.0277. The maximum atomic E-state index is 12.7. The molecule has 2 atom stereocenters. The first kappa shape index (κ1) is 17.2. The highest BCUT2D eigenvalue weighted by Crippen LogP contribution is 2.24. The van der Waals surface area contributed by atoms with Gasteiger partial charge in [0.25, 0.3) is 0 Å². The Bertz CT molecular complexity index is 740. The fraction of sp³-hybridized carbons (Fsp3) is 0.333. The Morgan fingerprint density at radius 2 is 1.84 bits per heavy atom. The van der Waals surface area contributed by atoms with Gasteiger partial charge in [0.2, 0.25) is 11.8 Å². The molecule has 0 unspecified atom stereocenters. The summed E-state index contributed by atoms with van der Waals surface area (Å²) in [6.07, 6.45) is 1.35. The van der Waals surface area contributed by atoms with Crippen LogP contribution in [-0.4, -0.2) is 24.4 Å². The van der Waals surface area contributed by atoms with Crippen molar-refractivity contribution in [1.82, 2.24) is 5.32 Å². The van der Waals surface area contributed by atoms with E-state index in [1.165, 1.54) is 0 Å². The van der Waals surface area contributed by atoms with E-state index >= 15 is 0 Å². The molecule has 2 aromatic carbocycles. The predicted molar refractivity (Wildman–Crippen MR) is 99.6 cm³/mol. The molecule has 1 aliphatic heterocycles. The van der Waals surface area contributed by atoms with E-state index in [1.807, 2.05) is 68.4 Å². The maximum Gasteiger partial charge on any atom is 0.249 e. The number of benzene rings is 2. The van der Waals surface area contributed by atoms with E-state index in [9.17, 15) is 9.59 Å². The molecular weight excluding hydrogens is 312 g/mol. The zero-order chi connectivity index (χ0) is 17.8. The van der Waals surface area contributed by atoms with Crippen molar-refractivity contribution in [2.45, 2.75) is 38.6 Å². The summed E-state index contributed by atoms with van der Waals surface area (Å²) in [4.78, 5) is 27.1. The number of anilines is 1. The Morgan fingerprint density at radius 3 is 2.48 bits per heavy atom. The third-order valence-electron chi connectivity index (χ3n) is 4.79. The molecule has 130 valence electrons. The van der Waals surface area contributed by atoms with Crippen LogP contribution >= 0.6 is 0 Å². The Balaban J connectivity index is 1.68. The molecule has 1 aliphatic rings. The zero-order valence-electron chi connectivity index (χ0n) is 14.7. The molecule has 2 amide bonds. The third-order valence-corrected chi connectivity index (χ3v) is 4.79. The summed E-state index contributed by atoms with van der Waals surface area (Å²) in [5.74, 6) is -0.319. The fourth-order valence-electron chi connectivity index (χ4n) is 3.33. The fourth-order valence-corrected chi connectivity index (χ4v) is 3.33. The average molecular weight is 336 g/mol. The van der Waals surface area contributed by atoms with Crippen molar-refractivity contribution in [3.63, 3.8) is 0 Å². The van der Waals surface area contributed by atoms with Crippen molar-refractivity contribution >= 4 is 17.5 Å². The lowest BCUT2D eigenvalue weighted by Gasteiger charge is -2.20. The number of aryl methyl sites for hydroxylation is 1. The van der Waals surface area contributed by atoms with Crippen LogP contribution in [0, 0.1) is 6.92 Å². The van der Waals surface area contributed by atoms with Crippen molar-refractivity contribution < 1.29 is 9.59 Å². The topological polar surface area (TPSA) is 49.4 Å². The van der Waals surface area contributed by atoms with Crippen LogP contribution in [0.15, 0.2) is 54.6 Å². The number of amides is 2. The van der Waals surface area contributed by atoms with E-state index < -0.39 is 6.04 Å². The van der Waals surface area contributed by atoms with Gasteiger partial charge >= 0.3 is 0 Å². The maximum absolute atomic E-state index is 12.7. The zero-order valence-corrected chi connectivity index (χ0v) is 14.7. The summed E-state index contributed by atoms with van der Waals surface area (Å²) in [6.45, 7) is 4.65. The van der Waals surface area contributed by atoms with E-state index in [0.717, 1.165) is 16.8 Å². The molecule has 0 aromatic heterocycles. The van der Waals surface area contributed by atoms with Crippen LogP contribution in [0.4, 0.5) is 5.69 Å². The van der Waals surface area contributed by atoms with Gasteiger partial charge in [-0.15, -0.1) is 0 Å². The SMILES string of the molecule is CC[C@H](C(=O)N[C@H]1CCN(c2ccc(C)cc2)C1=O)c1ccccc1. The molecule has 4 nitrogen and oxygen atoms in total. The second-order valence-electron chi connectivity index (χ2n) is 6.55. The van der Waals surface area contributed by atoms with Gasteiger partial charge in [-0.2, -0.15) is 0 Å². The standard InChI is InChI=1S/C21H24N2O2/c1-3-18(16-7-5-4-6-8-16)20(24)22-19-13-14-23(21(19)25)17-11-9-15(2)10-12-17/h4-12,18-19H,3,13-14H2,1-2H3,(H,22,24)/t18-,19-/m0/s1. The number of carbonyl (C=O) groups excluding carboxylic acids is 2. The van der Waals surface area contributed by atoms with Crippen LogP contribution in [0.5, 0.6) is 0 Å². The molecular formula is C21H24N2O2. The highest BCUT2D eigenvalue weighted by Gasteiger charge is 2.34. The van der Waals surface area contributed by atoms with Crippen molar-refractivity contribution in [1.29, 1.82) is 0 Å². The van der Waals surface area contributed by atoms with Gasteiger partial charge in [0.1, 0.15) is 6.04 Å². The van der Waals surface area contributed by atoms with Gasteiger partial charge in [-0.3, -0.25) is 9.59 Å². The normalized spacial score (nSPS) is 18.2. The number of hydrogen-bond donors (Lipinski definition) is 1. The van der Waals surface area contributed by atoms with Crippen LogP contribution in [0.25, 0.3) is 0 Å². The summed E-state index contributed by atoms with van der Waals surface area (Å²) in [6, 6.07) is 17.2. The van der Waals surface area contributed by atoms with Crippen molar-refractivity contribution in [3.8, 4) is 0 Å². The molecule has 2 aromatic rings. The van der Waals surface area contributed by atoms with Crippen LogP contribution < -0.4 is 10.2 Å². The molecule has 0 saturated carbocycles. The largest absolute Gasteiger partial charge is 0.344 e. The van der Waals surface area contributed by atoms with E-state index in [0.29, 0.717) is 19.4 Å². The molecule has 1 fully saturated rings. The highest BCUT2D eigenvalue weighted by molar-refractivity contribution is 6.01. The highest BCUT2D eigenvalue weighted by atomic mass is 16.2. The van der Waals surface area contributed by atoms with Crippen LogP contribution in [0.1, 0.15) is 36.8 Å². The van der Waals surface area contributed by atoms with E-state index in [1.54, 1.807) is 4.90 Å². The van der Waals surface area contributed by atoms with E-state index in [4.69, 9.17) is 0 Å². The number of nitrogens with zero attached hydrogens (tertiary/aromatic N) is 1. The summed E-state index contributed by atoms with van der Waals surface area (Å²) in [7, 11) is 0. The minimum Gasteiger partial charge on any atom is -0.344 e. The van der Waals surface area contributed by atoms with Gasteiger partial charge in [-0.1, -0.05) is 55.0 Å². The number of nitrogens with one attached hydrogen (secondary N) is 1. The molecule has 3 rings (SSSR count). The van der Waals surface area contributed by atoms with Crippen molar-refractivity contribution in [2.24, 2.45) is 0 Å². The van der Waals surface area contributed by atoms with Crippen LogP contribution in [-0.2, 0) is 9.59 Å². The number of hydrogen-bond acceptors (Lipinski definition) is 2. The Hall–Kier alpha value is -2.62. The summed E-state index contributed by atoms with van der Waals surface area (Å²) < 4.78 is 0. The van der Waals surface area contributed by atoms with Gasteiger partial charge < -0.3 is 10.2 Å². The second-order valence-corrected chi connectivity index (χ2v) is 6.55. The summed E-state index contributed by atoms with van der Waals surface area (Å²) in [5.41, 5.74) is 3.04. The lowest BCUT2D eigenvalue weighted by atomic mass is 9.95. The van der Waals surface area contributed by atoms with Gasteiger partial charge in [0, 0.05) is 12.2 Å². The Labute approximate surface area is 148 Å². The quantitative estimate of drug-likeness (QED) is 0.909. The molecule has 1 heterocycles. The average Bonchev–Trinajstić information content (AvgIpc) is 2.98. The first-order chi connectivity index (χ1) is 12.1. The smallest absolute Gasteiger partial charge is 0.249 e. The molecule has 0 aliphatic carbocycles. The van der Waals surface area contributed by atoms with Crippen LogP contribution in [0.2, 0.25) is 0 Å². The first-order valence-corrected chi connectivity index (χ1v) is 8.83. The minimum atomic E-state index is -0.438. The summed E-state index contributed by atoms with van der Waals surface area (Å²) in [5, 5.41) is 2.96.